The minimum absolute atomic E-state index is 0.0174. The van der Waals surface area contributed by atoms with Gasteiger partial charge in [0, 0.05) is 23.1 Å². The monoisotopic (exact) mass is 573 g/mol. The number of fused-ring (bicyclic) bond motifs is 1. The maximum Gasteiger partial charge on any atom is 0.429 e. The summed E-state index contributed by atoms with van der Waals surface area (Å²) in [5, 5.41) is 9.04. The highest BCUT2D eigenvalue weighted by Gasteiger charge is 2.32. The number of nitrogens with two attached hydrogens (primary N) is 1. The minimum Gasteiger partial charge on any atom is -0.464 e. The van der Waals surface area contributed by atoms with E-state index in [1.807, 2.05) is 20.8 Å². The Morgan fingerprint density at radius 3 is 2.15 bits per heavy atom. The number of alkyl halides is 3. The first-order valence-corrected chi connectivity index (χ1v) is 13.4. The van der Waals surface area contributed by atoms with Gasteiger partial charge in [-0.05, 0) is 65.1 Å². The Morgan fingerprint density at radius 1 is 0.925 bits per heavy atom. The predicted molar refractivity (Wildman–Crippen MR) is 142 cm³/mol. The van der Waals surface area contributed by atoms with E-state index in [1.54, 1.807) is 18.2 Å². The fourth-order valence-electron chi connectivity index (χ4n) is 4.26. The van der Waals surface area contributed by atoms with Crippen molar-refractivity contribution in [3.63, 3.8) is 0 Å². The van der Waals surface area contributed by atoms with E-state index in [2.05, 4.69) is 0 Å². The summed E-state index contributed by atoms with van der Waals surface area (Å²) in [4.78, 5) is 23.1. The van der Waals surface area contributed by atoms with E-state index in [4.69, 9.17) is 10.9 Å². The van der Waals surface area contributed by atoms with E-state index in [0.29, 0.717) is 5.56 Å². The van der Waals surface area contributed by atoms with Gasteiger partial charge in [0.2, 0.25) is 0 Å². The van der Waals surface area contributed by atoms with Gasteiger partial charge in [0.05, 0.1) is 16.0 Å². The van der Waals surface area contributed by atoms with Crippen LogP contribution in [0.15, 0.2) is 77.7 Å². The molecule has 0 saturated carbocycles. The largest absolute Gasteiger partial charge is 0.464 e. The molecule has 1 heterocycles. The van der Waals surface area contributed by atoms with Gasteiger partial charge < -0.3 is 5.11 Å². The molecule has 0 aliphatic carbocycles. The van der Waals surface area contributed by atoms with Crippen molar-refractivity contribution in [3.8, 4) is 0 Å². The van der Waals surface area contributed by atoms with Gasteiger partial charge in [-0.15, -0.1) is 0 Å². The molecule has 0 atom stereocenters. The maximum absolute atomic E-state index is 14.0. The van der Waals surface area contributed by atoms with Crippen LogP contribution in [0.2, 0.25) is 0 Å². The Bertz CT molecular complexity index is 1720. The molecular weight excluding hydrogens is 547 g/mol. The number of hydrogen-bond donors (Lipinski definition) is 2. The lowest BCUT2D eigenvalue weighted by Crippen LogP contribution is -2.41. The SMILES string of the molecule is CC(C)(C)c1cccc(S(=O)(=O)n2c(Cc3ccc(C(=O)N(N)C(=O)O)cc3)cc3cc(C(F)(F)F)ccc32)c1. The standard InChI is InChI=1S/C28H26F3N3O5S/c1-27(2,3)20-5-4-6-23(16-20)40(38,39)34-22(15-19-14-21(28(29,30)31)11-12-24(19)34)13-17-7-9-18(10-8-17)25(35)33(32)26(36)37/h4-12,14-16H,13,32H2,1-3H3,(H,36,37). The summed E-state index contributed by atoms with van der Waals surface area (Å²) < 4.78 is 69.3. The summed E-state index contributed by atoms with van der Waals surface area (Å²) >= 11 is 0. The van der Waals surface area contributed by atoms with Crippen LogP contribution in [0, 0.1) is 0 Å². The van der Waals surface area contributed by atoms with Gasteiger partial charge in [-0.3, -0.25) is 4.79 Å². The summed E-state index contributed by atoms with van der Waals surface area (Å²) in [5.41, 5.74) is 0.278. The molecule has 0 aliphatic heterocycles. The first-order chi connectivity index (χ1) is 18.5. The molecule has 8 nitrogen and oxygen atoms in total. The van der Waals surface area contributed by atoms with Crippen LogP contribution in [0.5, 0.6) is 0 Å². The van der Waals surface area contributed by atoms with Crippen LogP contribution in [-0.2, 0) is 28.0 Å². The third-order valence-electron chi connectivity index (χ3n) is 6.41. The number of nitrogens with zero attached hydrogens (tertiary/aromatic N) is 2. The van der Waals surface area contributed by atoms with E-state index in [0.717, 1.165) is 27.7 Å². The van der Waals surface area contributed by atoms with Crippen LogP contribution in [-0.4, -0.2) is 34.5 Å². The van der Waals surface area contributed by atoms with Crippen LogP contribution in [0.4, 0.5) is 18.0 Å². The third kappa shape index (κ3) is 5.58. The molecule has 1 aromatic heterocycles. The maximum atomic E-state index is 14.0. The molecule has 210 valence electrons. The average molecular weight is 574 g/mol. The van der Waals surface area contributed by atoms with Gasteiger partial charge in [0.25, 0.3) is 15.9 Å². The number of amides is 2. The summed E-state index contributed by atoms with van der Waals surface area (Å²) in [6, 6.07) is 16.3. The lowest BCUT2D eigenvalue weighted by atomic mass is 9.87. The molecule has 0 spiro atoms. The van der Waals surface area contributed by atoms with Crippen molar-refractivity contribution in [2.45, 2.75) is 43.7 Å². The van der Waals surface area contributed by atoms with Gasteiger partial charge in [0.15, 0.2) is 0 Å². The zero-order valence-electron chi connectivity index (χ0n) is 21.7. The fourth-order valence-corrected chi connectivity index (χ4v) is 5.85. The highest BCUT2D eigenvalue weighted by atomic mass is 32.2. The van der Waals surface area contributed by atoms with Crippen LogP contribution in [0.25, 0.3) is 10.9 Å². The Balaban J connectivity index is 1.84. The number of imide groups is 1. The molecule has 12 heteroatoms. The molecule has 0 unspecified atom stereocenters. The highest BCUT2D eigenvalue weighted by molar-refractivity contribution is 7.90. The number of benzene rings is 3. The summed E-state index contributed by atoms with van der Waals surface area (Å²) in [6.07, 6.45) is -6.28. The Hall–Kier alpha value is -4.16. The average Bonchev–Trinajstić information content (AvgIpc) is 3.25. The molecule has 0 bridgehead atoms. The van der Waals surface area contributed by atoms with E-state index < -0.39 is 33.8 Å². The van der Waals surface area contributed by atoms with Gasteiger partial charge in [0.1, 0.15) is 0 Å². The van der Waals surface area contributed by atoms with E-state index in [-0.39, 0.29) is 43.9 Å². The van der Waals surface area contributed by atoms with Crippen molar-refractivity contribution in [3.05, 3.63) is 101 Å². The van der Waals surface area contributed by atoms with E-state index in [1.165, 1.54) is 36.4 Å². The highest BCUT2D eigenvalue weighted by Crippen LogP contribution is 2.35. The molecule has 0 fully saturated rings. The molecular formula is C28H26F3N3O5S. The van der Waals surface area contributed by atoms with Crippen LogP contribution >= 0.6 is 0 Å². The topological polar surface area (TPSA) is 123 Å². The van der Waals surface area contributed by atoms with Crippen molar-refractivity contribution in [1.82, 2.24) is 8.98 Å². The molecule has 3 N–H and O–H groups in total. The normalized spacial score (nSPS) is 12.5. The Labute approximate surface area is 228 Å². The summed E-state index contributed by atoms with van der Waals surface area (Å²) in [6.45, 7) is 5.80. The van der Waals surface area contributed by atoms with Crippen LogP contribution < -0.4 is 5.84 Å². The van der Waals surface area contributed by atoms with E-state index >= 15 is 0 Å². The van der Waals surface area contributed by atoms with Crippen LogP contribution in [0.3, 0.4) is 0 Å². The van der Waals surface area contributed by atoms with Crippen molar-refractivity contribution in [1.29, 1.82) is 0 Å². The van der Waals surface area contributed by atoms with Gasteiger partial charge in [-0.25, -0.2) is 23.0 Å². The van der Waals surface area contributed by atoms with Crippen molar-refractivity contribution < 1.29 is 36.3 Å². The quantitative estimate of drug-likeness (QED) is 0.177. The smallest absolute Gasteiger partial charge is 0.429 e. The third-order valence-corrected chi connectivity index (χ3v) is 8.17. The molecule has 0 aliphatic rings. The number of aromatic nitrogens is 1. The van der Waals surface area contributed by atoms with Crippen molar-refractivity contribution in [2.24, 2.45) is 5.84 Å². The second-order valence-electron chi connectivity index (χ2n) is 10.3. The number of carbonyl (C=O) groups excluding carboxylic acids is 1. The van der Waals surface area contributed by atoms with Gasteiger partial charge in [-0.1, -0.05) is 45.0 Å². The van der Waals surface area contributed by atoms with Crippen molar-refractivity contribution >= 4 is 32.9 Å². The summed E-state index contributed by atoms with van der Waals surface area (Å²) in [7, 11) is -4.25. The van der Waals surface area contributed by atoms with Crippen molar-refractivity contribution in [2.75, 3.05) is 0 Å². The van der Waals surface area contributed by atoms with Crippen LogP contribution in [0.1, 0.15) is 53.5 Å². The lowest BCUT2D eigenvalue weighted by Gasteiger charge is -2.20. The molecule has 4 rings (SSSR count). The zero-order chi connectivity index (χ0) is 29.6. The zero-order valence-corrected chi connectivity index (χ0v) is 22.5. The second kappa shape index (κ2) is 10.1. The molecule has 0 radical (unpaired) electrons. The minimum atomic E-state index is -4.62. The Kier molecular flexibility index (Phi) is 7.28. The van der Waals surface area contributed by atoms with Gasteiger partial charge in [-0.2, -0.15) is 18.2 Å². The number of carbonyl (C=O) groups is 2. The summed E-state index contributed by atoms with van der Waals surface area (Å²) in [5.74, 6) is 4.27. The molecule has 3 aromatic carbocycles. The number of carboxylic acid groups (broad SMARTS) is 1. The molecule has 0 saturated heterocycles. The van der Waals surface area contributed by atoms with Gasteiger partial charge >= 0.3 is 12.3 Å². The second-order valence-corrected chi connectivity index (χ2v) is 12.1. The molecule has 4 aromatic rings. The Morgan fingerprint density at radius 2 is 1.57 bits per heavy atom. The first kappa shape index (κ1) is 28.8. The predicted octanol–water partition coefficient (Wildman–Crippen LogP) is 5.78. The number of hydrazine groups is 1. The number of halogens is 3. The first-order valence-electron chi connectivity index (χ1n) is 12.0. The lowest BCUT2D eigenvalue weighted by molar-refractivity contribution is -0.137. The fraction of sp³-hybridized carbons (Fsp3) is 0.214. The molecule has 40 heavy (non-hydrogen) atoms. The number of hydrogen-bond acceptors (Lipinski definition) is 5. The van der Waals surface area contributed by atoms with E-state index in [9.17, 15) is 31.2 Å². The number of rotatable bonds is 5. The molecule has 2 amide bonds.